The molecule has 1 aromatic carbocycles. The summed E-state index contributed by atoms with van der Waals surface area (Å²) < 4.78 is 15.7. The van der Waals surface area contributed by atoms with Crippen LogP contribution in [0.4, 0.5) is 10.1 Å². The van der Waals surface area contributed by atoms with E-state index in [0.29, 0.717) is 0 Å². The number of nitrogens with two attached hydrogens (primary N) is 1. The molecular formula is C15H19FN4S. The number of nitrogens with zero attached hydrogens (tertiary/aromatic N) is 2. The number of anilines is 1. The van der Waals surface area contributed by atoms with Crippen LogP contribution in [0, 0.1) is 19.7 Å². The number of rotatable bonds is 6. The first-order chi connectivity index (χ1) is 9.97. The number of hydrogen-bond acceptors (Lipinski definition) is 3. The summed E-state index contributed by atoms with van der Waals surface area (Å²) in [6.45, 7) is 5.59. The van der Waals surface area contributed by atoms with Gasteiger partial charge in [0.1, 0.15) is 10.8 Å². The second-order valence-corrected chi connectivity index (χ2v) is 5.43. The summed E-state index contributed by atoms with van der Waals surface area (Å²) in [4.78, 5) is 0.0728. The van der Waals surface area contributed by atoms with Gasteiger partial charge >= 0.3 is 0 Å². The van der Waals surface area contributed by atoms with E-state index in [2.05, 4.69) is 16.5 Å². The molecule has 3 N–H and O–H groups in total. The van der Waals surface area contributed by atoms with E-state index in [1.807, 2.05) is 18.5 Å². The van der Waals surface area contributed by atoms with Crippen molar-refractivity contribution >= 4 is 22.9 Å². The summed E-state index contributed by atoms with van der Waals surface area (Å²) in [6, 6.07) is 6.84. The number of nitrogens with one attached hydrogen (secondary N) is 1. The van der Waals surface area contributed by atoms with Gasteiger partial charge in [0.05, 0.1) is 5.69 Å². The van der Waals surface area contributed by atoms with Crippen LogP contribution in [0.5, 0.6) is 0 Å². The fourth-order valence-electron chi connectivity index (χ4n) is 2.19. The Morgan fingerprint density at radius 1 is 1.38 bits per heavy atom. The number of aromatic nitrogens is 2. The van der Waals surface area contributed by atoms with Crippen molar-refractivity contribution in [2.24, 2.45) is 5.73 Å². The SMILES string of the molecule is Cc1cc(C)n(CCCNc2ccc(C(N)=S)c(F)c2)n1. The van der Waals surface area contributed by atoms with E-state index in [4.69, 9.17) is 18.0 Å². The molecule has 112 valence electrons. The Hall–Kier alpha value is -1.95. The highest BCUT2D eigenvalue weighted by Gasteiger charge is 2.05. The van der Waals surface area contributed by atoms with Crippen molar-refractivity contribution in [3.8, 4) is 0 Å². The maximum atomic E-state index is 13.7. The lowest BCUT2D eigenvalue weighted by Crippen LogP contribution is -2.12. The first-order valence-electron chi connectivity index (χ1n) is 6.81. The lowest BCUT2D eigenvalue weighted by molar-refractivity contribution is 0.573. The molecule has 0 saturated carbocycles. The summed E-state index contributed by atoms with van der Waals surface area (Å²) in [5.74, 6) is -0.397. The third-order valence-corrected chi connectivity index (χ3v) is 3.43. The van der Waals surface area contributed by atoms with E-state index < -0.39 is 5.82 Å². The van der Waals surface area contributed by atoms with Crippen LogP contribution >= 0.6 is 12.2 Å². The minimum Gasteiger partial charge on any atom is -0.389 e. The number of aryl methyl sites for hydroxylation is 3. The molecule has 0 radical (unpaired) electrons. The molecular weight excluding hydrogens is 287 g/mol. The first kappa shape index (κ1) is 15.4. The highest BCUT2D eigenvalue weighted by Crippen LogP contribution is 2.14. The van der Waals surface area contributed by atoms with Crippen molar-refractivity contribution in [1.82, 2.24) is 9.78 Å². The third-order valence-electron chi connectivity index (χ3n) is 3.21. The lowest BCUT2D eigenvalue weighted by atomic mass is 10.2. The number of halogens is 1. The van der Waals surface area contributed by atoms with Gasteiger partial charge in [-0.25, -0.2) is 4.39 Å². The Morgan fingerprint density at radius 3 is 2.71 bits per heavy atom. The fourth-order valence-corrected chi connectivity index (χ4v) is 2.35. The molecule has 0 fully saturated rings. The highest BCUT2D eigenvalue weighted by atomic mass is 32.1. The molecule has 6 heteroatoms. The van der Waals surface area contributed by atoms with Gasteiger partial charge in [-0.05, 0) is 44.5 Å². The number of thiocarbonyl (C=S) groups is 1. The Kier molecular flexibility index (Phi) is 4.90. The minimum absolute atomic E-state index is 0.0728. The second-order valence-electron chi connectivity index (χ2n) is 4.99. The van der Waals surface area contributed by atoms with Crippen LogP contribution in [-0.4, -0.2) is 21.3 Å². The summed E-state index contributed by atoms with van der Waals surface area (Å²) in [7, 11) is 0. The average Bonchev–Trinajstić information content (AvgIpc) is 2.73. The van der Waals surface area contributed by atoms with Gasteiger partial charge in [0.2, 0.25) is 0 Å². The van der Waals surface area contributed by atoms with E-state index >= 15 is 0 Å². The van der Waals surface area contributed by atoms with Crippen LogP contribution in [0.15, 0.2) is 24.3 Å². The van der Waals surface area contributed by atoms with Crippen LogP contribution in [0.25, 0.3) is 0 Å². The zero-order valence-electron chi connectivity index (χ0n) is 12.2. The van der Waals surface area contributed by atoms with E-state index in [1.165, 1.54) is 6.07 Å². The Labute approximate surface area is 129 Å². The van der Waals surface area contributed by atoms with Crippen molar-refractivity contribution < 1.29 is 4.39 Å². The molecule has 0 aliphatic rings. The summed E-state index contributed by atoms with van der Waals surface area (Å²) in [6.07, 6.45) is 0.903. The predicted octanol–water partition coefficient (Wildman–Crippen LogP) is 2.78. The van der Waals surface area contributed by atoms with Gasteiger partial charge in [-0.3, -0.25) is 4.68 Å². The molecule has 1 heterocycles. The lowest BCUT2D eigenvalue weighted by Gasteiger charge is -2.09. The third kappa shape index (κ3) is 4.01. The second kappa shape index (κ2) is 6.67. The van der Waals surface area contributed by atoms with Gasteiger partial charge in [0.15, 0.2) is 0 Å². The van der Waals surface area contributed by atoms with Crippen molar-refractivity contribution in [3.05, 3.63) is 47.0 Å². The van der Waals surface area contributed by atoms with E-state index in [-0.39, 0.29) is 10.6 Å². The largest absolute Gasteiger partial charge is 0.389 e. The summed E-state index contributed by atoms with van der Waals surface area (Å²) in [5, 5.41) is 7.58. The van der Waals surface area contributed by atoms with Crippen molar-refractivity contribution in [3.63, 3.8) is 0 Å². The average molecular weight is 306 g/mol. The van der Waals surface area contributed by atoms with E-state index in [0.717, 1.165) is 36.6 Å². The molecule has 1 aromatic heterocycles. The molecule has 4 nitrogen and oxygen atoms in total. The smallest absolute Gasteiger partial charge is 0.135 e. The summed E-state index contributed by atoms with van der Waals surface area (Å²) >= 11 is 4.78. The van der Waals surface area contributed by atoms with E-state index in [9.17, 15) is 4.39 Å². The Balaban J connectivity index is 1.85. The zero-order valence-corrected chi connectivity index (χ0v) is 13.0. The van der Waals surface area contributed by atoms with Crippen LogP contribution in [-0.2, 0) is 6.54 Å². The molecule has 0 saturated heterocycles. The van der Waals surface area contributed by atoms with Gasteiger partial charge in [-0.2, -0.15) is 5.10 Å². The highest BCUT2D eigenvalue weighted by molar-refractivity contribution is 7.80. The molecule has 2 aromatic rings. The first-order valence-corrected chi connectivity index (χ1v) is 7.22. The van der Waals surface area contributed by atoms with Crippen molar-refractivity contribution in [2.75, 3.05) is 11.9 Å². The van der Waals surface area contributed by atoms with Crippen LogP contribution in [0.1, 0.15) is 23.4 Å². The standard InChI is InChI=1S/C15H19FN4S/c1-10-8-11(2)20(19-10)7-3-6-18-12-4-5-13(15(17)21)14(16)9-12/h4-5,8-9,18H,3,6-7H2,1-2H3,(H2,17,21). The molecule has 0 aliphatic heterocycles. The molecule has 0 atom stereocenters. The van der Waals surface area contributed by atoms with Crippen molar-refractivity contribution in [1.29, 1.82) is 0 Å². The Bertz CT molecular complexity index is 651. The normalized spacial score (nSPS) is 10.6. The Morgan fingerprint density at radius 2 is 2.14 bits per heavy atom. The molecule has 21 heavy (non-hydrogen) atoms. The number of hydrogen-bond donors (Lipinski definition) is 2. The molecule has 2 rings (SSSR count). The van der Waals surface area contributed by atoms with Gasteiger partial charge in [0.25, 0.3) is 0 Å². The monoisotopic (exact) mass is 306 g/mol. The maximum absolute atomic E-state index is 13.7. The van der Waals surface area contributed by atoms with E-state index in [1.54, 1.807) is 12.1 Å². The predicted molar refractivity (Wildman–Crippen MR) is 87.1 cm³/mol. The quantitative estimate of drug-likeness (QED) is 0.636. The minimum atomic E-state index is -0.397. The molecule has 0 spiro atoms. The molecule has 0 aliphatic carbocycles. The van der Waals surface area contributed by atoms with Gasteiger partial charge in [0, 0.05) is 30.0 Å². The van der Waals surface area contributed by atoms with Crippen LogP contribution in [0.3, 0.4) is 0 Å². The molecule has 0 unspecified atom stereocenters. The number of benzene rings is 1. The maximum Gasteiger partial charge on any atom is 0.135 e. The fraction of sp³-hybridized carbons (Fsp3) is 0.333. The topological polar surface area (TPSA) is 55.9 Å². The zero-order chi connectivity index (χ0) is 15.4. The summed E-state index contributed by atoms with van der Waals surface area (Å²) in [5.41, 5.74) is 8.60. The van der Waals surface area contributed by atoms with Gasteiger partial charge in [-0.1, -0.05) is 12.2 Å². The van der Waals surface area contributed by atoms with Gasteiger partial charge < -0.3 is 11.1 Å². The van der Waals surface area contributed by atoms with Crippen molar-refractivity contribution in [2.45, 2.75) is 26.8 Å². The van der Waals surface area contributed by atoms with Gasteiger partial charge in [-0.15, -0.1) is 0 Å². The molecule has 0 bridgehead atoms. The van der Waals surface area contributed by atoms with Crippen LogP contribution in [0.2, 0.25) is 0 Å². The van der Waals surface area contributed by atoms with Crippen LogP contribution < -0.4 is 11.1 Å². The molecule has 0 amide bonds.